The van der Waals surface area contributed by atoms with Gasteiger partial charge in [-0.2, -0.15) is 0 Å². The van der Waals surface area contributed by atoms with Crippen LogP contribution in [0, 0.1) is 11.6 Å². The summed E-state index contributed by atoms with van der Waals surface area (Å²) in [6, 6.07) is 4.52. The second kappa shape index (κ2) is 5.43. The Balaban J connectivity index is 2.10. The molecule has 0 atom stereocenters. The summed E-state index contributed by atoms with van der Waals surface area (Å²) in [5, 5.41) is 8.68. The Morgan fingerprint density at radius 3 is 2.68 bits per heavy atom. The van der Waals surface area contributed by atoms with Crippen molar-refractivity contribution in [1.82, 2.24) is 4.98 Å². The molecule has 0 fully saturated rings. The first-order valence-electron chi connectivity index (χ1n) is 5.31. The van der Waals surface area contributed by atoms with E-state index in [0.29, 0.717) is 5.56 Å². The minimum absolute atomic E-state index is 0.0614. The molecule has 6 heteroatoms. The van der Waals surface area contributed by atoms with Crippen LogP contribution in [0.15, 0.2) is 36.7 Å². The Morgan fingerprint density at radius 2 is 2.05 bits per heavy atom. The van der Waals surface area contributed by atoms with E-state index in [0.717, 1.165) is 12.3 Å². The minimum Gasteiger partial charge on any atom is -0.486 e. The fraction of sp³-hybridized carbons (Fsp3) is 0.0769. The molecule has 0 bridgehead atoms. The average Bonchev–Trinajstić information content (AvgIpc) is 2.37. The van der Waals surface area contributed by atoms with E-state index in [1.807, 2.05) is 0 Å². The molecule has 0 spiro atoms. The topological polar surface area (TPSA) is 59.4 Å². The predicted molar refractivity (Wildman–Crippen MR) is 61.9 cm³/mol. The summed E-state index contributed by atoms with van der Waals surface area (Å²) in [5.74, 6) is -2.62. The summed E-state index contributed by atoms with van der Waals surface area (Å²) in [6.45, 7) is -0.0614. The van der Waals surface area contributed by atoms with Crippen molar-refractivity contribution in [1.29, 1.82) is 0 Å². The van der Waals surface area contributed by atoms with E-state index in [4.69, 9.17) is 9.84 Å². The first kappa shape index (κ1) is 12.9. The van der Waals surface area contributed by atoms with Crippen LogP contribution < -0.4 is 4.74 Å². The fourth-order valence-electron chi connectivity index (χ4n) is 1.45. The minimum atomic E-state index is -1.22. The zero-order valence-corrected chi connectivity index (χ0v) is 9.64. The molecule has 4 nitrogen and oxygen atoms in total. The zero-order valence-electron chi connectivity index (χ0n) is 9.64. The van der Waals surface area contributed by atoms with Crippen molar-refractivity contribution in [2.24, 2.45) is 0 Å². The molecular weight excluding hydrogens is 256 g/mol. The van der Waals surface area contributed by atoms with Crippen molar-refractivity contribution >= 4 is 5.97 Å². The van der Waals surface area contributed by atoms with Crippen LogP contribution in [0.2, 0.25) is 0 Å². The fourth-order valence-corrected chi connectivity index (χ4v) is 1.45. The van der Waals surface area contributed by atoms with Gasteiger partial charge in [0, 0.05) is 11.8 Å². The monoisotopic (exact) mass is 265 g/mol. The molecule has 1 heterocycles. The molecule has 0 aliphatic rings. The molecule has 0 aliphatic heterocycles. The van der Waals surface area contributed by atoms with Crippen molar-refractivity contribution in [3.05, 3.63) is 59.4 Å². The van der Waals surface area contributed by atoms with Crippen molar-refractivity contribution < 1.29 is 23.4 Å². The maximum absolute atomic E-state index is 13.5. The number of pyridine rings is 1. The Kier molecular flexibility index (Phi) is 3.70. The number of hydrogen-bond donors (Lipinski definition) is 1. The number of ether oxygens (including phenoxy) is 1. The summed E-state index contributed by atoms with van der Waals surface area (Å²) in [5.41, 5.74) is 0.277. The molecule has 0 saturated carbocycles. The second-order valence-corrected chi connectivity index (χ2v) is 3.75. The number of nitrogens with zero attached hydrogens (tertiary/aromatic N) is 1. The number of halogens is 2. The highest BCUT2D eigenvalue weighted by molar-refractivity contribution is 5.87. The molecule has 1 aromatic carbocycles. The van der Waals surface area contributed by atoms with Crippen LogP contribution in [-0.2, 0) is 6.61 Å². The van der Waals surface area contributed by atoms with Crippen LogP contribution >= 0.6 is 0 Å². The van der Waals surface area contributed by atoms with Gasteiger partial charge in [-0.1, -0.05) is 0 Å². The Hall–Kier alpha value is -2.50. The summed E-state index contributed by atoms with van der Waals surface area (Å²) >= 11 is 0. The van der Waals surface area contributed by atoms with E-state index in [-0.39, 0.29) is 17.9 Å². The number of carbonyl (C=O) groups is 1. The van der Waals surface area contributed by atoms with Gasteiger partial charge in [0.05, 0.1) is 11.8 Å². The standard InChI is InChI=1S/C13H9F2NO3/c14-10-3-8(5-16-6-10)7-19-12-2-1-9(13(17)18)4-11(12)15/h1-6H,7H2,(H,17,18). The maximum Gasteiger partial charge on any atom is 0.335 e. The van der Waals surface area contributed by atoms with E-state index in [9.17, 15) is 13.6 Å². The highest BCUT2D eigenvalue weighted by Gasteiger charge is 2.09. The third-order valence-electron chi connectivity index (χ3n) is 2.33. The first-order chi connectivity index (χ1) is 9.06. The van der Waals surface area contributed by atoms with Gasteiger partial charge >= 0.3 is 5.97 Å². The zero-order chi connectivity index (χ0) is 13.8. The van der Waals surface area contributed by atoms with Gasteiger partial charge in [0.2, 0.25) is 0 Å². The van der Waals surface area contributed by atoms with E-state index < -0.39 is 17.6 Å². The third kappa shape index (κ3) is 3.25. The van der Waals surface area contributed by atoms with Crippen molar-refractivity contribution in [2.45, 2.75) is 6.61 Å². The highest BCUT2D eigenvalue weighted by Crippen LogP contribution is 2.19. The third-order valence-corrected chi connectivity index (χ3v) is 2.33. The summed E-state index contributed by atoms with van der Waals surface area (Å²) in [6.07, 6.45) is 2.44. The molecular formula is C13H9F2NO3. The second-order valence-electron chi connectivity index (χ2n) is 3.75. The molecule has 0 saturated heterocycles. The SMILES string of the molecule is O=C(O)c1ccc(OCc2cncc(F)c2)c(F)c1. The lowest BCUT2D eigenvalue weighted by Crippen LogP contribution is -2.01. The number of benzene rings is 1. The summed E-state index contributed by atoms with van der Waals surface area (Å²) in [4.78, 5) is 14.3. The summed E-state index contributed by atoms with van der Waals surface area (Å²) < 4.78 is 31.5. The van der Waals surface area contributed by atoms with Crippen molar-refractivity contribution in [3.8, 4) is 5.75 Å². The van der Waals surface area contributed by atoms with Crippen LogP contribution in [0.25, 0.3) is 0 Å². The largest absolute Gasteiger partial charge is 0.486 e. The maximum atomic E-state index is 13.5. The Morgan fingerprint density at radius 1 is 1.26 bits per heavy atom. The number of hydrogen-bond acceptors (Lipinski definition) is 3. The van der Waals surface area contributed by atoms with Gasteiger partial charge < -0.3 is 9.84 Å². The normalized spacial score (nSPS) is 10.2. The van der Waals surface area contributed by atoms with E-state index in [2.05, 4.69) is 4.98 Å². The van der Waals surface area contributed by atoms with E-state index in [1.165, 1.54) is 24.4 Å². The van der Waals surface area contributed by atoms with Gasteiger partial charge in [-0.25, -0.2) is 13.6 Å². The Labute approximate surface area is 107 Å². The first-order valence-corrected chi connectivity index (χ1v) is 5.31. The van der Waals surface area contributed by atoms with Crippen LogP contribution in [-0.4, -0.2) is 16.1 Å². The van der Waals surface area contributed by atoms with Gasteiger partial charge in [0.25, 0.3) is 0 Å². The number of carboxylic acid groups (broad SMARTS) is 1. The quantitative estimate of drug-likeness (QED) is 0.923. The van der Waals surface area contributed by atoms with Gasteiger partial charge in [0.15, 0.2) is 11.6 Å². The molecule has 1 aromatic heterocycles. The highest BCUT2D eigenvalue weighted by atomic mass is 19.1. The van der Waals surface area contributed by atoms with Gasteiger partial charge in [-0.3, -0.25) is 4.98 Å². The average molecular weight is 265 g/mol. The lowest BCUT2D eigenvalue weighted by Gasteiger charge is -2.07. The molecule has 0 radical (unpaired) electrons. The molecule has 0 aliphatic carbocycles. The number of aromatic carboxylic acids is 1. The van der Waals surface area contributed by atoms with Gasteiger partial charge in [-0.15, -0.1) is 0 Å². The Bertz CT molecular complexity index is 617. The predicted octanol–water partition coefficient (Wildman–Crippen LogP) is 2.64. The number of carboxylic acids is 1. The van der Waals surface area contributed by atoms with Crippen molar-refractivity contribution in [3.63, 3.8) is 0 Å². The van der Waals surface area contributed by atoms with Crippen molar-refractivity contribution in [2.75, 3.05) is 0 Å². The molecule has 98 valence electrons. The lowest BCUT2D eigenvalue weighted by atomic mass is 10.2. The molecule has 2 aromatic rings. The van der Waals surface area contributed by atoms with Crippen LogP contribution in [0.3, 0.4) is 0 Å². The smallest absolute Gasteiger partial charge is 0.335 e. The van der Waals surface area contributed by atoms with Crippen LogP contribution in [0.5, 0.6) is 5.75 Å². The molecule has 19 heavy (non-hydrogen) atoms. The molecule has 0 amide bonds. The van der Waals surface area contributed by atoms with Crippen LogP contribution in [0.1, 0.15) is 15.9 Å². The van der Waals surface area contributed by atoms with Crippen LogP contribution in [0.4, 0.5) is 8.78 Å². The molecule has 2 rings (SSSR count). The van der Waals surface area contributed by atoms with E-state index in [1.54, 1.807) is 0 Å². The summed E-state index contributed by atoms with van der Waals surface area (Å²) in [7, 11) is 0. The molecule has 1 N–H and O–H groups in total. The number of rotatable bonds is 4. The number of aromatic nitrogens is 1. The molecule has 0 unspecified atom stereocenters. The van der Waals surface area contributed by atoms with E-state index >= 15 is 0 Å². The van der Waals surface area contributed by atoms with Gasteiger partial charge in [-0.05, 0) is 24.3 Å². The van der Waals surface area contributed by atoms with Gasteiger partial charge in [0.1, 0.15) is 12.4 Å². The lowest BCUT2D eigenvalue weighted by molar-refractivity contribution is 0.0696.